The molecular formula is C37H34FN7O5S. The number of carbonyl (C=O) groups excluding carboxylic acids is 4. The number of piperidine rings is 1. The quantitative estimate of drug-likeness (QED) is 0.115. The van der Waals surface area contributed by atoms with E-state index in [0.29, 0.717) is 46.1 Å². The Kier molecular flexibility index (Phi) is 9.41. The number of nitrogens with one attached hydrogen (secondary N) is 2. The number of amides is 4. The zero-order valence-corrected chi connectivity index (χ0v) is 28.8. The Morgan fingerprint density at radius 3 is 2.67 bits per heavy atom. The molecule has 5 heterocycles. The predicted octanol–water partition coefficient (Wildman–Crippen LogP) is 4.51. The molecule has 0 aliphatic carbocycles. The molecule has 3 aromatic heterocycles. The molecule has 1 fully saturated rings. The number of ether oxygens (including phenoxy) is 1. The lowest BCUT2D eigenvalue weighted by atomic mass is 10.0. The molecule has 0 spiro atoms. The Morgan fingerprint density at radius 1 is 1.06 bits per heavy atom. The number of aryl methyl sites for hydroxylation is 1. The van der Waals surface area contributed by atoms with Crippen molar-refractivity contribution in [3.05, 3.63) is 89.5 Å². The Bertz CT molecular complexity index is 2170. The van der Waals surface area contributed by atoms with Crippen LogP contribution >= 0.6 is 11.3 Å². The van der Waals surface area contributed by atoms with Crippen molar-refractivity contribution < 1.29 is 28.3 Å². The fourth-order valence-corrected chi connectivity index (χ4v) is 7.20. The van der Waals surface area contributed by atoms with E-state index in [-0.39, 0.29) is 43.7 Å². The number of thiazole rings is 1. The summed E-state index contributed by atoms with van der Waals surface area (Å²) in [4.78, 5) is 65.7. The van der Waals surface area contributed by atoms with E-state index in [0.717, 1.165) is 33.6 Å². The summed E-state index contributed by atoms with van der Waals surface area (Å²) in [6, 6.07) is 17.4. The number of rotatable bonds is 11. The van der Waals surface area contributed by atoms with E-state index in [1.807, 2.05) is 49.3 Å². The number of carbonyl (C=O) groups is 4. The Hall–Kier alpha value is -5.76. The van der Waals surface area contributed by atoms with Crippen LogP contribution in [0.3, 0.4) is 0 Å². The molecule has 0 saturated carbocycles. The maximum absolute atomic E-state index is 15.2. The van der Waals surface area contributed by atoms with Crippen molar-refractivity contribution in [1.29, 1.82) is 0 Å². The molecule has 2 aromatic carbocycles. The van der Waals surface area contributed by atoms with Gasteiger partial charge in [0.05, 0.1) is 21.5 Å². The molecule has 260 valence electrons. The van der Waals surface area contributed by atoms with Crippen LogP contribution in [0.5, 0.6) is 5.75 Å². The van der Waals surface area contributed by atoms with Crippen LogP contribution in [-0.4, -0.2) is 76.8 Å². The van der Waals surface area contributed by atoms with Crippen LogP contribution < -0.4 is 20.3 Å². The van der Waals surface area contributed by atoms with Gasteiger partial charge in [-0.3, -0.25) is 24.5 Å². The molecule has 1 atom stereocenters. The molecule has 4 amide bonds. The highest BCUT2D eigenvalue weighted by atomic mass is 32.1. The predicted molar refractivity (Wildman–Crippen MR) is 190 cm³/mol. The lowest BCUT2D eigenvalue weighted by molar-refractivity contribution is -0.137. The molecular weight excluding hydrogens is 674 g/mol. The highest BCUT2D eigenvalue weighted by Gasteiger charge is 2.39. The second kappa shape index (κ2) is 14.2. The highest BCUT2D eigenvalue weighted by Crippen LogP contribution is 2.34. The van der Waals surface area contributed by atoms with Gasteiger partial charge in [-0.15, -0.1) is 11.3 Å². The molecule has 0 bridgehead atoms. The Morgan fingerprint density at radius 2 is 1.90 bits per heavy atom. The van der Waals surface area contributed by atoms with E-state index < -0.39 is 17.9 Å². The fraction of sp³-hybridized carbons (Fsp3) is 0.270. The number of anilines is 1. The lowest BCUT2D eigenvalue weighted by Gasteiger charge is -2.29. The summed E-state index contributed by atoms with van der Waals surface area (Å²) in [7, 11) is 3.81. The number of pyridine rings is 2. The van der Waals surface area contributed by atoms with Crippen LogP contribution in [0.2, 0.25) is 0 Å². The summed E-state index contributed by atoms with van der Waals surface area (Å²) in [5.41, 5.74) is 4.59. The average molecular weight is 708 g/mol. The maximum atomic E-state index is 15.2. The van der Waals surface area contributed by atoms with Crippen LogP contribution in [-0.2, 0) is 27.3 Å². The van der Waals surface area contributed by atoms with Crippen molar-refractivity contribution >= 4 is 51.0 Å². The number of aromatic nitrogens is 3. The normalized spacial score (nSPS) is 15.5. The minimum atomic E-state index is -0.694. The average Bonchev–Trinajstić information content (AvgIpc) is 3.69. The van der Waals surface area contributed by atoms with E-state index in [4.69, 9.17) is 4.74 Å². The first-order valence-electron chi connectivity index (χ1n) is 16.5. The number of nitrogens with zero attached hydrogens (tertiary/aromatic N) is 5. The minimum absolute atomic E-state index is 0.186. The van der Waals surface area contributed by atoms with Gasteiger partial charge in [-0.05, 0) is 85.0 Å². The van der Waals surface area contributed by atoms with Gasteiger partial charge >= 0.3 is 0 Å². The van der Waals surface area contributed by atoms with Crippen LogP contribution in [0.1, 0.15) is 40.7 Å². The van der Waals surface area contributed by atoms with Gasteiger partial charge < -0.3 is 19.9 Å². The molecule has 51 heavy (non-hydrogen) atoms. The first-order chi connectivity index (χ1) is 24.6. The van der Waals surface area contributed by atoms with Crippen molar-refractivity contribution in [2.24, 2.45) is 0 Å². The van der Waals surface area contributed by atoms with Crippen LogP contribution in [0.25, 0.3) is 32.0 Å². The molecule has 5 aromatic rings. The van der Waals surface area contributed by atoms with Crippen molar-refractivity contribution in [3.63, 3.8) is 0 Å². The molecule has 2 aliphatic rings. The van der Waals surface area contributed by atoms with Gasteiger partial charge in [-0.2, -0.15) is 4.39 Å². The summed E-state index contributed by atoms with van der Waals surface area (Å²) in [5, 5.41) is 5.71. The van der Waals surface area contributed by atoms with E-state index >= 15 is 4.39 Å². The first-order valence-corrected chi connectivity index (χ1v) is 17.3. The van der Waals surface area contributed by atoms with Crippen molar-refractivity contribution in [2.75, 3.05) is 32.1 Å². The SMILES string of the molecule is CN(C)c1ccc(-c2ccc(-c3nc4ccc(CCCNC(=O)COc5ccc6c(c5)CN(C5CCC(=O)NC5=O)C6=O)cc4s3)c(F)n2)cn1. The van der Waals surface area contributed by atoms with E-state index in [1.165, 1.54) is 16.2 Å². The summed E-state index contributed by atoms with van der Waals surface area (Å²) < 4.78 is 21.8. The number of benzene rings is 2. The number of hydrogen-bond acceptors (Lipinski definition) is 10. The summed E-state index contributed by atoms with van der Waals surface area (Å²) in [6.45, 7) is 0.487. The fourth-order valence-electron chi connectivity index (χ4n) is 6.16. The second-order valence-corrected chi connectivity index (χ2v) is 13.6. The summed E-state index contributed by atoms with van der Waals surface area (Å²) >= 11 is 1.40. The van der Waals surface area contributed by atoms with Gasteiger partial charge in [0.25, 0.3) is 11.8 Å². The third kappa shape index (κ3) is 7.26. The van der Waals surface area contributed by atoms with Crippen LogP contribution in [0.4, 0.5) is 10.2 Å². The number of fused-ring (bicyclic) bond motifs is 2. The van der Waals surface area contributed by atoms with Gasteiger partial charge in [-0.1, -0.05) is 6.07 Å². The molecule has 14 heteroatoms. The largest absolute Gasteiger partial charge is 0.484 e. The van der Waals surface area contributed by atoms with E-state index in [9.17, 15) is 19.2 Å². The molecule has 7 rings (SSSR count). The van der Waals surface area contributed by atoms with Crippen molar-refractivity contribution in [3.8, 4) is 27.6 Å². The zero-order chi connectivity index (χ0) is 35.6. The van der Waals surface area contributed by atoms with Gasteiger partial charge in [-0.25, -0.2) is 15.0 Å². The van der Waals surface area contributed by atoms with Crippen LogP contribution in [0, 0.1) is 5.95 Å². The van der Waals surface area contributed by atoms with Crippen molar-refractivity contribution in [1.82, 2.24) is 30.5 Å². The summed E-state index contributed by atoms with van der Waals surface area (Å²) in [5.74, 6) is -0.691. The monoisotopic (exact) mass is 707 g/mol. The third-order valence-corrected chi connectivity index (χ3v) is 9.91. The maximum Gasteiger partial charge on any atom is 0.257 e. The smallest absolute Gasteiger partial charge is 0.257 e. The molecule has 1 saturated heterocycles. The van der Waals surface area contributed by atoms with E-state index in [1.54, 1.807) is 36.5 Å². The Balaban J connectivity index is 0.886. The van der Waals surface area contributed by atoms with Gasteiger partial charge in [0.1, 0.15) is 22.6 Å². The first kappa shape index (κ1) is 33.7. The molecule has 2 N–H and O–H groups in total. The molecule has 0 radical (unpaired) electrons. The number of hydrogen-bond donors (Lipinski definition) is 2. The molecule has 2 aliphatic heterocycles. The Labute approximate surface area is 296 Å². The lowest BCUT2D eigenvalue weighted by Crippen LogP contribution is -2.52. The highest BCUT2D eigenvalue weighted by molar-refractivity contribution is 7.21. The topological polar surface area (TPSA) is 147 Å². The van der Waals surface area contributed by atoms with Crippen LogP contribution in [0.15, 0.2) is 66.9 Å². The van der Waals surface area contributed by atoms with Gasteiger partial charge in [0, 0.05) is 50.9 Å². The number of halogens is 1. The minimum Gasteiger partial charge on any atom is -0.484 e. The molecule has 1 unspecified atom stereocenters. The third-order valence-electron chi connectivity index (χ3n) is 8.86. The standard InChI is InChI=1S/C37H34FN7O5S/c1-44(2)31-13-6-22(18-40-31)27-11-9-26(34(38)41-27)36-42-28-10-5-21(16-30(28)51-36)4-3-15-39-33(47)20-50-24-7-8-25-23(17-24)19-45(37(25)49)29-12-14-32(46)43-35(29)48/h5-11,13,16-18,29H,3-4,12,14-15,19-20H2,1-2H3,(H,39,47)(H,43,46,48). The molecule has 12 nitrogen and oxygen atoms in total. The zero-order valence-electron chi connectivity index (χ0n) is 27.9. The second-order valence-electron chi connectivity index (χ2n) is 12.6. The van der Waals surface area contributed by atoms with E-state index in [2.05, 4.69) is 25.6 Å². The summed E-state index contributed by atoms with van der Waals surface area (Å²) in [6.07, 6.45) is 3.57. The van der Waals surface area contributed by atoms with Crippen molar-refractivity contribution in [2.45, 2.75) is 38.3 Å². The van der Waals surface area contributed by atoms with Gasteiger partial charge in [0.15, 0.2) is 6.61 Å². The number of imide groups is 1. The van der Waals surface area contributed by atoms with Gasteiger partial charge in [0.2, 0.25) is 17.8 Å².